The van der Waals surface area contributed by atoms with Gasteiger partial charge in [-0.1, -0.05) is 45.9 Å². The number of fused-ring (bicyclic) bond motifs is 1. The number of carbonyl (C=O) groups is 1. The molecule has 0 amide bonds. The molecule has 1 aliphatic carbocycles. The van der Waals surface area contributed by atoms with E-state index in [0.29, 0.717) is 17.7 Å². The van der Waals surface area contributed by atoms with Crippen molar-refractivity contribution in [3.63, 3.8) is 0 Å². The molecule has 2 aromatic carbocycles. The van der Waals surface area contributed by atoms with Gasteiger partial charge in [0.1, 0.15) is 5.75 Å². The fraction of sp³-hybridized carbons (Fsp3) is 0.435. The van der Waals surface area contributed by atoms with Crippen LogP contribution in [-0.2, 0) is 22.0 Å². The molecule has 0 bridgehead atoms. The molecular formula is C23H28O3. The molecule has 0 heterocycles. The Morgan fingerprint density at radius 2 is 1.54 bits per heavy atom. The highest BCUT2D eigenvalue weighted by molar-refractivity contribution is 5.89. The van der Waals surface area contributed by atoms with E-state index in [-0.39, 0.29) is 16.8 Å². The lowest BCUT2D eigenvalue weighted by Gasteiger charge is -2.42. The van der Waals surface area contributed by atoms with Gasteiger partial charge >= 0.3 is 5.97 Å². The Labute approximate surface area is 156 Å². The smallest absolute Gasteiger partial charge is 0.337 e. The summed E-state index contributed by atoms with van der Waals surface area (Å²) >= 11 is 0. The molecule has 0 spiro atoms. The molecule has 2 aromatic rings. The Balaban J connectivity index is 1.96. The Kier molecular flexibility index (Phi) is 4.60. The van der Waals surface area contributed by atoms with Crippen LogP contribution in [0.2, 0.25) is 0 Å². The molecule has 3 nitrogen and oxygen atoms in total. The minimum Gasteiger partial charge on any atom is -0.508 e. The highest BCUT2D eigenvalue weighted by Crippen LogP contribution is 2.47. The van der Waals surface area contributed by atoms with Crippen molar-refractivity contribution in [1.29, 1.82) is 0 Å². The van der Waals surface area contributed by atoms with Crippen molar-refractivity contribution >= 4 is 5.97 Å². The van der Waals surface area contributed by atoms with Crippen LogP contribution < -0.4 is 0 Å². The summed E-state index contributed by atoms with van der Waals surface area (Å²) in [4.78, 5) is 11.6. The topological polar surface area (TPSA) is 46.5 Å². The predicted octanol–water partition coefficient (Wildman–Crippen LogP) is 5.12. The lowest BCUT2D eigenvalue weighted by Crippen LogP contribution is -2.33. The first-order valence-corrected chi connectivity index (χ1v) is 9.18. The summed E-state index contributed by atoms with van der Waals surface area (Å²) in [7, 11) is 1.38. The average molecular weight is 352 g/mol. The molecule has 0 saturated carbocycles. The summed E-state index contributed by atoms with van der Waals surface area (Å²) in [6, 6.07) is 11.5. The van der Waals surface area contributed by atoms with Crippen molar-refractivity contribution in [2.45, 2.75) is 57.8 Å². The summed E-state index contributed by atoms with van der Waals surface area (Å²) in [5, 5.41) is 10.6. The number of aromatic hydroxyl groups is 1. The van der Waals surface area contributed by atoms with E-state index < -0.39 is 0 Å². The first-order chi connectivity index (χ1) is 12.1. The van der Waals surface area contributed by atoms with E-state index in [2.05, 4.69) is 33.8 Å². The Morgan fingerprint density at radius 3 is 2.08 bits per heavy atom. The van der Waals surface area contributed by atoms with Crippen molar-refractivity contribution in [1.82, 2.24) is 0 Å². The van der Waals surface area contributed by atoms with Crippen LogP contribution in [-0.4, -0.2) is 18.2 Å². The maximum atomic E-state index is 11.6. The van der Waals surface area contributed by atoms with E-state index in [4.69, 9.17) is 4.74 Å². The predicted molar refractivity (Wildman–Crippen MR) is 104 cm³/mol. The van der Waals surface area contributed by atoms with Crippen molar-refractivity contribution in [2.75, 3.05) is 7.11 Å². The number of benzene rings is 2. The van der Waals surface area contributed by atoms with Crippen molar-refractivity contribution in [3.8, 4) is 5.75 Å². The summed E-state index contributed by atoms with van der Waals surface area (Å²) < 4.78 is 4.74. The SMILES string of the molecule is COC(=O)c1ccc(Cc2cc3c(cc2O)C(C)(C)CCC3(C)C)cc1. The summed E-state index contributed by atoms with van der Waals surface area (Å²) in [5.41, 5.74) is 5.32. The van der Waals surface area contributed by atoms with Gasteiger partial charge in [0, 0.05) is 6.42 Å². The van der Waals surface area contributed by atoms with Crippen molar-refractivity contribution in [3.05, 3.63) is 64.2 Å². The van der Waals surface area contributed by atoms with Gasteiger partial charge in [0.25, 0.3) is 0 Å². The van der Waals surface area contributed by atoms with Crippen LogP contribution in [0.1, 0.15) is 73.1 Å². The van der Waals surface area contributed by atoms with Crippen LogP contribution in [0.25, 0.3) is 0 Å². The van der Waals surface area contributed by atoms with Gasteiger partial charge in [0.2, 0.25) is 0 Å². The molecule has 0 fully saturated rings. The third kappa shape index (κ3) is 3.35. The van der Waals surface area contributed by atoms with Gasteiger partial charge < -0.3 is 9.84 Å². The first-order valence-electron chi connectivity index (χ1n) is 9.18. The lowest BCUT2D eigenvalue weighted by molar-refractivity contribution is 0.0600. The molecule has 138 valence electrons. The number of phenolic OH excluding ortho intramolecular Hbond substituents is 1. The molecule has 0 radical (unpaired) electrons. The molecule has 0 unspecified atom stereocenters. The van der Waals surface area contributed by atoms with Crippen LogP contribution >= 0.6 is 0 Å². The Morgan fingerprint density at radius 1 is 1.00 bits per heavy atom. The quantitative estimate of drug-likeness (QED) is 0.780. The van der Waals surface area contributed by atoms with E-state index >= 15 is 0 Å². The van der Waals surface area contributed by atoms with Crippen LogP contribution in [0.5, 0.6) is 5.75 Å². The summed E-state index contributed by atoms with van der Waals surface area (Å²) in [5.74, 6) is 0.0173. The molecule has 26 heavy (non-hydrogen) atoms. The molecule has 3 heteroatoms. The first kappa shape index (κ1) is 18.5. The van der Waals surface area contributed by atoms with Crippen LogP contribution in [0, 0.1) is 0 Å². The molecule has 1 N–H and O–H groups in total. The maximum absolute atomic E-state index is 11.6. The molecule has 0 atom stereocenters. The third-order valence-electron chi connectivity index (χ3n) is 5.82. The summed E-state index contributed by atoms with van der Waals surface area (Å²) in [6.07, 6.45) is 2.91. The number of hydrogen-bond donors (Lipinski definition) is 1. The Bertz CT molecular complexity index is 829. The van der Waals surface area contributed by atoms with Gasteiger partial charge in [0.15, 0.2) is 0 Å². The highest BCUT2D eigenvalue weighted by atomic mass is 16.5. The number of hydrogen-bond acceptors (Lipinski definition) is 3. The van der Waals surface area contributed by atoms with E-state index in [1.807, 2.05) is 18.2 Å². The standard InChI is InChI=1S/C23H28O3/c1-22(2)10-11-23(3,4)19-14-20(24)17(13-18(19)22)12-15-6-8-16(9-7-15)21(25)26-5/h6-9,13-14,24H,10-12H2,1-5H3. The van der Waals surface area contributed by atoms with Crippen LogP contribution in [0.3, 0.4) is 0 Å². The van der Waals surface area contributed by atoms with Gasteiger partial charge in [-0.25, -0.2) is 4.79 Å². The van der Waals surface area contributed by atoms with Gasteiger partial charge in [-0.2, -0.15) is 0 Å². The minimum atomic E-state index is -0.336. The van der Waals surface area contributed by atoms with Crippen LogP contribution in [0.4, 0.5) is 0 Å². The largest absolute Gasteiger partial charge is 0.508 e. The normalized spacial score (nSPS) is 17.4. The van der Waals surface area contributed by atoms with E-state index in [0.717, 1.165) is 24.0 Å². The monoisotopic (exact) mass is 352 g/mol. The second-order valence-corrected chi connectivity index (χ2v) is 8.66. The average Bonchev–Trinajstić information content (AvgIpc) is 2.60. The zero-order valence-corrected chi connectivity index (χ0v) is 16.3. The molecule has 3 rings (SSSR count). The van der Waals surface area contributed by atoms with Gasteiger partial charge in [-0.15, -0.1) is 0 Å². The van der Waals surface area contributed by atoms with Gasteiger partial charge in [-0.05, 0) is 64.1 Å². The minimum absolute atomic E-state index is 0.0863. The molecule has 0 aromatic heterocycles. The fourth-order valence-electron chi connectivity index (χ4n) is 3.89. The number of carbonyl (C=O) groups excluding carboxylic acids is 1. The third-order valence-corrected chi connectivity index (χ3v) is 5.82. The molecule has 0 saturated heterocycles. The van der Waals surface area contributed by atoms with Gasteiger partial charge in [0.05, 0.1) is 12.7 Å². The molecule has 0 aliphatic heterocycles. The second-order valence-electron chi connectivity index (χ2n) is 8.66. The van der Waals surface area contributed by atoms with Crippen molar-refractivity contribution in [2.24, 2.45) is 0 Å². The van der Waals surface area contributed by atoms with E-state index in [1.54, 1.807) is 12.1 Å². The lowest BCUT2D eigenvalue weighted by atomic mass is 9.63. The van der Waals surface area contributed by atoms with Gasteiger partial charge in [-0.3, -0.25) is 0 Å². The number of ether oxygens (including phenoxy) is 1. The zero-order valence-electron chi connectivity index (χ0n) is 16.3. The van der Waals surface area contributed by atoms with Crippen molar-refractivity contribution < 1.29 is 14.6 Å². The number of esters is 1. The second kappa shape index (κ2) is 6.46. The molecular weight excluding hydrogens is 324 g/mol. The number of phenols is 1. The number of methoxy groups -OCH3 is 1. The van der Waals surface area contributed by atoms with E-state index in [9.17, 15) is 9.90 Å². The number of rotatable bonds is 3. The summed E-state index contributed by atoms with van der Waals surface area (Å²) in [6.45, 7) is 9.08. The maximum Gasteiger partial charge on any atom is 0.337 e. The van der Waals surface area contributed by atoms with E-state index in [1.165, 1.54) is 18.2 Å². The molecule has 1 aliphatic rings. The fourth-order valence-corrected chi connectivity index (χ4v) is 3.89. The van der Waals surface area contributed by atoms with Crippen LogP contribution in [0.15, 0.2) is 36.4 Å². The Hall–Kier alpha value is -2.29. The zero-order chi connectivity index (χ0) is 19.1. The highest BCUT2D eigenvalue weighted by Gasteiger charge is 2.37.